The van der Waals surface area contributed by atoms with E-state index in [2.05, 4.69) is 41.7 Å². The fourth-order valence-electron chi connectivity index (χ4n) is 6.46. The number of rotatable bonds is 3. The van der Waals surface area contributed by atoms with E-state index < -0.39 is 5.60 Å². The maximum Gasteiger partial charge on any atom is 0.410 e. The Bertz CT molecular complexity index is 1180. The molecule has 3 atom stereocenters. The molecular formula is C30H39N3O4. The first-order chi connectivity index (χ1) is 17.6. The molecule has 2 aromatic rings. The number of carbonyl (C=O) groups is 2. The molecule has 198 valence electrons. The molecular weight excluding hydrogens is 466 g/mol. The van der Waals surface area contributed by atoms with Crippen LogP contribution < -0.4 is 15.0 Å². The monoisotopic (exact) mass is 505 g/mol. The van der Waals surface area contributed by atoms with Crippen molar-refractivity contribution in [3.05, 3.63) is 59.2 Å². The van der Waals surface area contributed by atoms with Gasteiger partial charge < -0.3 is 19.7 Å². The minimum atomic E-state index is -0.603. The molecule has 0 unspecified atom stereocenters. The van der Waals surface area contributed by atoms with E-state index in [0.29, 0.717) is 25.3 Å². The number of ether oxygens (including phenoxy) is 2. The van der Waals surface area contributed by atoms with Crippen LogP contribution in [0.3, 0.4) is 0 Å². The molecule has 0 saturated carbocycles. The van der Waals surface area contributed by atoms with Crippen molar-refractivity contribution < 1.29 is 19.1 Å². The van der Waals surface area contributed by atoms with Crippen molar-refractivity contribution in [2.75, 3.05) is 32.1 Å². The van der Waals surface area contributed by atoms with Crippen LogP contribution in [0, 0.1) is 0 Å². The van der Waals surface area contributed by atoms with E-state index in [4.69, 9.17) is 9.47 Å². The van der Waals surface area contributed by atoms with Gasteiger partial charge in [-0.3, -0.25) is 9.69 Å². The molecule has 1 spiro atoms. The molecule has 2 amide bonds. The van der Waals surface area contributed by atoms with Crippen LogP contribution in [0.5, 0.6) is 5.75 Å². The van der Waals surface area contributed by atoms with Gasteiger partial charge in [-0.2, -0.15) is 0 Å². The Morgan fingerprint density at radius 3 is 2.59 bits per heavy atom. The van der Waals surface area contributed by atoms with Gasteiger partial charge in [-0.1, -0.05) is 30.3 Å². The van der Waals surface area contributed by atoms with Crippen molar-refractivity contribution in [1.82, 2.24) is 10.2 Å². The molecule has 2 aromatic carbocycles. The molecule has 3 heterocycles. The molecule has 2 fully saturated rings. The van der Waals surface area contributed by atoms with Crippen LogP contribution in [0.2, 0.25) is 0 Å². The number of benzene rings is 2. The zero-order valence-electron chi connectivity index (χ0n) is 22.7. The van der Waals surface area contributed by atoms with E-state index in [9.17, 15) is 9.59 Å². The van der Waals surface area contributed by atoms with Crippen molar-refractivity contribution in [3.63, 3.8) is 0 Å². The summed E-state index contributed by atoms with van der Waals surface area (Å²) >= 11 is 0. The van der Waals surface area contributed by atoms with Crippen LogP contribution in [0.1, 0.15) is 75.1 Å². The van der Waals surface area contributed by atoms with Gasteiger partial charge in [0, 0.05) is 43.3 Å². The first-order valence-electron chi connectivity index (χ1n) is 13.4. The quantitative estimate of drug-likeness (QED) is 0.622. The predicted molar refractivity (Wildman–Crippen MR) is 144 cm³/mol. The zero-order chi connectivity index (χ0) is 26.4. The highest BCUT2D eigenvalue weighted by Gasteiger charge is 2.53. The molecule has 1 N–H and O–H groups in total. The molecule has 0 aromatic heterocycles. The van der Waals surface area contributed by atoms with Gasteiger partial charge in [0.2, 0.25) is 5.91 Å². The number of piperidine rings is 1. The summed E-state index contributed by atoms with van der Waals surface area (Å²) in [6, 6.07) is 14.4. The maximum atomic E-state index is 13.7. The second kappa shape index (κ2) is 9.67. The molecule has 3 aliphatic rings. The molecule has 0 aliphatic carbocycles. The van der Waals surface area contributed by atoms with Gasteiger partial charge in [-0.05, 0) is 75.6 Å². The number of anilines is 1. The summed E-state index contributed by atoms with van der Waals surface area (Å²) in [6.07, 6.45) is 3.59. The van der Waals surface area contributed by atoms with Gasteiger partial charge in [0.1, 0.15) is 11.4 Å². The van der Waals surface area contributed by atoms with Gasteiger partial charge in [0.15, 0.2) is 0 Å². The van der Waals surface area contributed by atoms with Crippen LogP contribution in [0.4, 0.5) is 10.5 Å². The lowest BCUT2D eigenvalue weighted by Crippen LogP contribution is -2.58. The summed E-state index contributed by atoms with van der Waals surface area (Å²) in [4.78, 5) is 29.9. The molecule has 2 saturated heterocycles. The van der Waals surface area contributed by atoms with Crippen molar-refractivity contribution in [3.8, 4) is 5.75 Å². The van der Waals surface area contributed by atoms with Crippen LogP contribution in [0.15, 0.2) is 42.5 Å². The lowest BCUT2D eigenvalue weighted by molar-refractivity contribution is -0.118. The second-order valence-electron chi connectivity index (χ2n) is 11.7. The van der Waals surface area contributed by atoms with E-state index in [1.165, 1.54) is 5.56 Å². The van der Waals surface area contributed by atoms with Gasteiger partial charge >= 0.3 is 6.09 Å². The van der Waals surface area contributed by atoms with Gasteiger partial charge in [-0.25, -0.2) is 4.79 Å². The fourth-order valence-corrected chi connectivity index (χ4v) is 6.46. The molecule has 0 radical (unpaired) electrons. The number of methoxy groups -OCH3 is 1. The molecule has 5 rings (SSSR count). The van der Waals surface area contributed by atoms with Crippen molar-refractivity contribution in [2.24, 2.45) is 0 Å². The van der Waals surface area contributed by atoms with Gasteiger partial charge in [-0.15, -0.1) is 0 Å². The summed E-state index contributed by atoms with van der Waals surface area (Å²) in [5, 5.41) is 3.88. The Kier molecular flexibility index (Phi) is 6.69. The zero-order valence-corrected chi connectivity index (χ0v) is 22.7. The van der Waals surface area contributed by atoms with Crippen LogP contribution in [-0.2, 0) is 16.0 Å². The number of aryl methyl sites for hydroxylation is 1. The normalized spacial score (nSPS) is 25.8. The van der Waals surface area contributed by atoms with E-state index in [0.717, 1.165) is 48.4 Å². The molecule has 37 heavy (non-hydrogen) atoms. The van der Waals surface area contributed by atoms with E-state index in [1.807, 2.05) is 38.8 Å². The second-order valence-corrected chi connectivity index (χ2v) is 11.7. The fraction of sp³-hybridized carbons (Fsp3) is 0.533. The highest BCUT2D eigenvalue weighted by atomic mass is 16.6. The number of amides is 2. The SMILES string of the molecule is COc1cc2c(cc1[C@H]1N(C(=O)OC(C)(C)C)CCC[C@]13C[C@@H](c1ccccc1)CN3)N(C)C(=O)CC2. The van der Waals surface area contributed by atoms with Crippen molar-refractivity contribution in [2.45, 2.75) is 76.0 Å². The highest BCUT2D eigenvalue weighted by Crippen LogP contribution is 2.51. The highest BCUT2D eigenvalue weighted by molar-refractivity contribution is 5.96. The molecule has 7 heteroatoms. The third kappa shape index (κ3) is 4.81. The topological polar surface area (TPSA) is 71.1 Å². The van der Waals surface area contributed by atoms with E-state index in [1.54, 1.807) is 12.0 Å². The Hall–Kier alpha value is -3.06. The number of nitrogens with one attached hydrogen (secondary N) is 1. The minimum Gasteiger partial charge on any atom is -0.496 e. The van der Waals surface area contributed by atoms with Gasteiger partial charge in [0.05, 0.1) is 13.2 Å². The third-order valence-corrected chi connectivity index (χ3v) is 8.14. The largest absolute Gasteiger partial charge is 0.496 e. The summed E-state index contributed by atoms with van der Waals surface area (Å²) in [7, 11) is 3.52. The number of fused-ring (bicyclic) bond motifs is 1. The van der Waals surface area contributed by atoms with Gasteiger partial charge in [0.25, 0.3) is 0 Å². The Morgan fingerprint density at radius 2 is 1.89 bits per heavy atom. The lowest BCUT2D eigenvalue weighted by atomic mass is 9.74. The number of hydrogen-bond donors (Lipinski definition) is 1. The van der Waals surface area contributed by atoms with Crippen molar-refractivity contribution in [1.29, 1.82) is 0 Å². The number of carbonyl (C=O) groups excluding carboxylic acids is 2. The molecule has 0 bridgehead atoms. The van der Waals surface area contributed by atoms with Crippen LogP contribution in [0.25, 0.3) is 0 Å². The number of likely N-dealkylation sites (tertiary alicyclic amines) is 1. The van der Waals surface area contributed by atoms with E-state index >= 15 is 0 Å². The Labute approximate surface area is 220 Å². The summed E-state index contributed by atoms with van der Waals surface area (Å²) < 4.78 is 11.9. The van der Waals surface area contributed by atoms with Crippen molar-refractivity contribution >= 4 is 17.7 Å². The first kappa shape index (κ1) is 25.6. The predicted octanol–water partition coefficient (Wildman–Crippen LogP) is 5.19. The lowest BCUT2D eigenvalue weighted by Gasteiger charge is -2.49. The maximum absolute atomic E-state index is 13.7. The van der Waals surface area contributed by atoms with Crippen LogP contribution >= 0.6 is 0 Å². The minimum absolute atomic E-state index is 0.106. The third-order valence-electron chi connectivity index (χ3n) is 8.14. The Morgan fingerprint density at radius 1 is 1.14 bits per heavy atom. The standard InChI is InChI=1S/C30H39N3O4/c1-29(2,3)37-28(35)33-15-9-14-30(18-22(19-31-30)20-10-7-6-8-11-20)27(33)23-17-24-21(16-25(23)36-5)12-13-26(34)32(24)4/h6-8,10-11,16-17,22,27,31H,9,12-15,18-19H2,1-5H3/t22-,27-,30+/m1/s1. The first-order valence-corrected chi connectivity index (χ1v) is 13.4. The summed E-state index contributed by atoms with van der Waals surface area (Å²) in [6.45, 7) is 7.15. The molecule has 3 aliphatic heterocycles. The Balaban J connectivity index is 1.62. The average Bonchev–Trinajstić information content (AvgIpc) is 3.29. The number of hydrogen-bond acceptors (Lipinski definition) is 5. The van der Waals surface area contributed by atoms with E-state index in [-0.39, 0.29) is 23.6 Å². The summed E-state index contributed by atoms with van der Waals surface area (Å²) in [5.41, 5.74) is 3.29. The number of nitrogens with zero attached hydrogens (tertiary/aromatic N) is 2. The smallest absolute Gasteiger partial charge is 0.410 e. The molecule has 7 nitrogen and oxygen atoms in total. The van der Waals surface area contributed by atoms with Crippen LogP contribution in [-0.4, -0.2) is 55.3 Å². The average molecular weight is 506 g/mol. The summed E-state index contributed by atoms with van der Waals surface area (Å²) in [5.74, 6) is 1.20.